The number of allylic oxidation sites excluding steroid dienone is 2. The van der Waals surface area contributed by atoms with E-state index < -0.39 is 11.9 Å². The number of thiophene rings is 1. The third-order valence-electron chi connectivity index (χ3n) is 8.53. The second-order valence-corrected chi connectivity index (χ2v) is 12.2. The number of rotatable bonds is 8. The molecule has 3 heterocycles. The molecule has 1 aliphatic carbocycles. The second-order valence-electron chi connectivity index (χ2n) is 11.3. The van der Waals surface area contributed by atoms with E-state index in [4.69, 9.17) is 14.6 Å². The number of methoxy groups -OCH3 is 1. The van der Waals surface area contributed by atoms with Gasteiger partial charge in [0.1, 0.15) is 12.4 Å². The van der Waals surface area contributed by atoms with E-state index in [2.05, 4.69) is 11.4 Å². The van der Waals surface area contributed by atoms with Gasteiger partial charge < -0.3 is 19.9 Å². The number of aromatic nitrogens is 2. The lowest BCUT2D eigenvalue weighted by Crippen LogP contribution is -2.30. The highest BCUT2D eigenvalue weighted by Crippen LogP contribution is 2.51. The monoisotopic (exact) mass is 617 g/mol. The number of nitrogens with one attached hydrogen (secondary N) is 1. The number of nitrogens with zero attached hydrogens (tertiary/aromatic N) is 2. The zero-order valence-corrected chi connectivity index (χ0v) is 25.6. The lowest BCUT2D eigenvalue weighted by molar-refractivity contribution is -0.116. The summed E-state index contributed by atoms with van der Waals surface area (Å²) in [6.45, 7) is 2.26. The molecule has 2 aromatic heterocycles. The highest BCUT2D eigenvalue weighted by atomic mass is 32.1. The summed E-state index contributed by atoms with van der Waals surface area (Å²) in [6, 6.07) is 26.6. The SMILES string of the molecule is COc1ccc([C@H]2C3=C(C[C@@H](c4cccs4)CC3=O)Nc3c2c(C)nn3-c2ccccc2C(=O)O)cc1OCc1ccccc1. The van der Waals surface area contributed by atoms with Crippen molar-refractivity contribution >= 4 is 28.9 Å². The largest absolute Gasteiger partial charge is 0.493 e. The van der Waals surface area contributed by atoms with Gasteiger partial charge in [-0.1, -0.05) is 54.6 Å². The Labute approximate surface area is 264 Å². The van der Waals surface area contributed by atoms with Crippen molar-refractivity contribution in [3.63, 3.8) is 0 Å². The number of hydrogen-bond donors (Lipinski definition) is 2. The molecule has 7 rings (SSSR count). The molecular weight excluding hydrogens is 586 g/mol. The number of hydrogen-bond acceptors (Lipinski definition) is 7. The van der Waals surface area contributed by atoms with Crippen LogP contribution in [0.25, 0.3) is 5.69 Å². The van der Waals surface area contributed by atoms with Gasteiger partial charge in [-0.15, -0.1) is 11.3 Å². The Bertz CT molecular complexity index is 1940. The average molecular weight is 618 g/mol. The number of carboxylic acids is 1. The molecule has 8 nitrogen and oxygen atoms in total. The molecule has 1 aliphatic heterocycles. The van der Waals surface area contributed by atoms with E-state index in [0.717, 1.165) is 22.4 Å². The first-order valence-electron chi connectivity index (χ1n) is 14.8. The molecule has 0 amide bonds. The van der Waals surface area contributed by atoms with Crippen molar-refractivity contribution in [3.8, 4) is 17.2 Å². The third kappa shape index (κ3) is 5.19. The van der Waals surface area contributed by atoms with E-state index >= 15 is 0 Å². The number of ketones is 1. The van der Waals surface area contributed by atoms with Gasteiger partial charge in [-0.2, -0.15) is 5.10 Å². The van der Waals surface area contributed by atoms with Crippen LogP contribution in [0.2, 0.25) is 0 Å². The lowest BCUT2D eigenvalue weighted by atomic mass is 9.73. The topological polar surface area (TPSA) is 103 Å². The fourth-order valence-corrected chi connectivity index (χ4v) is 7.30. The van der Waals surface area contributed by atoms with Gasteiger partial charge in [0.2, 0.25) is 0 Å². The maximum absolute atomic E-state index is 14.1. The highest BCUT2D eigenvalue weighted by Gasteiger charge is 2.42. The van der Waals surface area contributed by atoms with Crippen LogP contribution in [0.4, 0.5) is 5.82 Å². The maximum Gasteiger partial charge on any atom is 0.337 e. The molecule has 3 aromatic carbocycles. The molecule has 0 radical (unpaired) electrons. The molecule has 0 saturated heterocycles. The Morgan fingerprint density at radius 2 is 1.82 bits per heavy atom. The van der Waals surface area contributed by atoms with Crippen molar-refractivity contribution in [2.45, 2.75) is 38.2 Å². The van der Waals surface area contributed by atoms with Crippen LogP contribution in [-0.4, -0.2) is 33.7 Å². The summed E-state index contributed by atoms with van der Waals surface area (Å²) in [5, 5.41) is 20.5. The molecule has 0 spiro atoms. The maximum atomic E-state index is 14.1. The number of Topliss-reactive ketones (excluding diaryl/α,β-unsaturated/α-hetero) is 1. The van der Waals surface area contributed by atoms with E-state index in [9.17, 15) is 14.7 Å². The molecule has 2 atom stereocenters. The first kappa shape index (κ1) is 28.6. The Morgan fingerprint density at radius 1 is 1.02 bits per heavy atom. The van der Waals surface area contributed by atoms with Gasteiger partial charge in [0, 0.05) is 40.0 Å². The predicted octanol–water partition coefficient (Wildman–Crippen LogP) is 7.49. The van der Waals surface area contributed by atoms with E-state index in [1.165, 1.54) is 4.88 Å². The van der Waals surface area contributed by atoms with Crippen molar-refractivity contribution in [1.82, 2.24) is 9.78 Å². The summed E-state index contributed by atoms with van der Waals surface area (Å²) in [5.74, 6) is 0.473. The molecule has 2 N–H and O–H groups in total. The highest BCUT2D eigenvalue weighted by molar-refractivity contribution is 7.10. The number of carboxylic acid groups (broad SMARTS) is 1. The zero-order chi connectivity index (χ0) is 31.1. The van der Waals surface area contributed by atoms with Crippen LogP contribution in [0.15, 0.2) is 102 Å². The van der Waals surface area contributed by atoms with Crippen molar-refractivity contribution in [2.75, 3.05) is 12.4 Å². The fraction of sp³-hybridized carbons (Fsp3) is 0.194. The van der Waals surface area contributed by atoms with E-state index in [1.807, 2.05) is 66.9 Å². The molecule has 0 saturated carbocycles. The van der Waals surface area contributed by atoms with Crippen LogP contribution < -0.4 is 14.8 Å². The molecule has 2 aliphatic rings. The number of aromatic carboxylic acids is 1. The second kappa shape index (κ2) is 11.7. The van der Waals surface area contributed by atoms with Crippen molar-refractivity contribution in [2.24, 2.45) is 0 Å². The summed E-state index contributed by atoms with van der Waals surface area (Å²) in [5.41, 5.74) is 5.55. The van der Waals surface area contributed by atoms with Crippen LogP contribution in [0.1, 0.15) is 62.3 Å². The van der Waals surface area contributed by atoms with Crippen LogP contribution in [0, 0.1) is 6.92 Å². The van der Waals surface area contributed by atoms with Crippen LogP contribution in [-0.2, 0) is 11.4 Å². The third-order valence-corrected chi connectivity index (χ3v) is 9.56. The number of carbonyl (C=O) groups is 2. The number of benzene rings is 3. The van der Waals surface area contributed by atoms with Gasteiger partial charge in [0.15, 0.2) is 17.3 Å². The fourth-order valence-electron chi connectivity index (χ4n) is 6.47. The van der Waals surface area contributed by atoms with Crippen LogP contribution in [0.5, 0.6) is 11.5 Å². The standard InChI is InChI=1S/C36H31N3O5S/c1-21-32-33(23-14-15-29(43-2)30(19-23)44-20-22-9-4-3-5-10-22)34-26(17-24(18-28(34)40)31-13-8-16-45-31)37-35(32)39(38-21)27-12-7-6-11-25(27)36(41)42/h3-16,19,24,33,37H,17-18,20H2,1-2H3,(H,41,42)/t24-,33-/m1/s1. The van der Waals surface area contributed by atoms with E-state index in [-0.39, 0.29) is 17.3 Å². The number of para-hydroxylation sites is 1. The molecule has 226 valence electrons. The zero-order valence-electron chi connectivity index (χ0n) is 24.8. The van der Waals surface area contributed by atoms with Gasteiger partial charge in [0.25, 0.3) is 0 Å². The number of ether oxygens (including phenoxy) is 2. The van der Waals surface area contributed by atoms with Crippen molar-refractivity contribution < 1.29 is 24.2 Å². The number of carbonyl (C=O) groups excluding carboxylic acids is 1. The molecule has 0 fully saturated rings. The molecule has 9 heteroatoms. The summed E-state index contributed by atoms with van der Waals surface area (Å²) in [6.07, 6.45) is 1.06. The van der Waals surface area contributed by atoms with Gasteiger partial charge >= 0.3 is 5.97 Å². The quantitative estimate of drug-likeness (QED) is 0.186. The smallest absolute Gasteiger partial charge is 0.337 e. The first-order valence-corrected chi connectivity index (χ1v) is 15.6. The Morgan fingerprint density at radius 3 is 2.58 bits per heavy atom. The molecular formula is C36H31N3O5S. The number of anilines is 1. The van der Waals surface area contributed by atoms with Crippen LogP contribution in [0.3, 0.4) is 0 Å². The van der Waals surface area contributed by atoms with Gasteiger partial charge in [-0.25, -0.2) is 9.48 Å². The first-order chi connectivity index (χ1) is 21.9. The number of fused-ring (bicyclic) bond motifs is 1. The molecule has 0 bridgehead atoms. The van der Waals surface area contributed by atoms with E-state index in [0.29, 0.717) is 53.7 Å². The van der Waals surface area contributed by atoms with Gasteiger partial charge in [0.05, 0.1) is 24.1 Å². The Hall–Kier alpha value is -5.15. The normalized spacial score (nSPS) is 17.3. The predicted molar refractivity (Wildman–Crippen MR) is 173 cm³/mol. The molecule has 45 heavy (non-hydrogen) atoms. The van der Waals surface area contributed by atoms with Crippen molar-refractivity contribution in [3.05, 3.63) is 134 Å². The summed E-state index contributed by atoms with van der Waals surface area (Å²) < 4.78 is 13.6. The van der Waals surface area contributed by atoms with E-state index in [1.54, 1.807) is 47.4 Å². The molecule has 0 unspecified atom stereocenters. The summed E-state index contributed by atoms with van der Waals surface area (Å²) in [4.78, 5) is 27.5. The van der Waals surface area contributed by atoms with Crippen LogP contribution >= 0.6 is 11.3 Å². The number of aryl methyl sites for hydroxylation is 1. The minimum Gasteiger partial charge on any atom is -0.493 e. The average Bonchev–Trinajstić information content (AvgIpc) is 3.72. The van der Waals surface area contributed by atoms with Gasteiger partial charge in [-0.05, 0) is 60.2 Å². The van der Waals surface area contributed by atoms with Crippen molar-refractivity contribution in [1.29, 1.82) is 0 Å². The Kier molecular flexibility index (Phi) is 7.47. The Balaban J connectivity index is 1.38. The summed E-state index contributed by atoms with van der Waals surface area (Å²) >= 11 is 1.66. The van der Waals surface area contributed by atoms with Gasteiger partial charge in [-0.3, -0.25) is 4.79 Å². The lowest BCUT2D eigenvalue weighted by Gasteiger charge is -2.35. The molecule has 5 aromatic rings. The minimum absolute atomic E-state index is 0.0513. The summed E-state index contributed by atoms with van der Waals surface area (Å²) in [7, 11) is 1.61. The minimum atomic E-state index is -1.04.